The van der Waals surface area contributed by atoms with Crippen molar-refractivity contribution < 1.29 is 13.0 Å². The smallest absolute Gasteiger partial charge is 0.282 e. The number of aryl methyl sites for hydroxylation is 1. The molecule has 0 aliphatic rings. The molecule has 0 saturated carbocycles. The summed E-state index contributed by atoms with van der Waals surface area (Å²) >= 11 is 1.67. The second-order valence-electron chi connectivity index (χ2n) is 8.47. The van der Waals surface area contributed by atoms with Gasteiger partial charge in [-0.25, -0.2) is 0 Å². The van der Waals surface area contributed by atoms with E-state index in [2.05, 4.69) is 12.1 Å². The predicted octanol–water partition coefficient (Wildman–Crippen LogP) is 8.39. The molecule has 0 aromatic heterocycles. The summed E-state index contributed by atoms with van der Waals surface area (Å²) in [6.45, 7) is 1.98. The van der Waals surface area contributed by atoms with Gasteiger partial charge < -0.3 is 0 Å². The fourth-order valence-electron chi connectivity index (χ4n) is 4.47. The Morgan fingerprint density at radius 1 is 0.583 bits per heavy atom. The van der Waals surface area contributed by atoms with Crippen LogP contribution in [-0.4, -0.2) is 13.0 Å². The van der Waals surface area contributed by atoms with E-state index in [1.807, 2.05) is 116 Å². The van der Waals surface area contributed by atoms with Crippen LogP contribution in [0.3, 0.4) is 0 Å². The molecule has 0 aliphatic carbocycles. The summed E-state index contributed by atoms with van der Waals surface area (Å²) in [6.07, 6.45) is 0. The van der Waals surface area contributed by atoms with Gasteiger partial charge in [0, 0.05) is 20.9 Å². The maximum absolute atomic E-state index is 12.9. The Balaban J connectivity index is 1.74. The van der Waals surface area contributed by atoms with Crippen LogP contribution in [0.2, 0.25) is 0 Å². The first-order valence-electron chi connectivity index (χ1n) is 11.5. The molecule has 0 radical (unpaired) electrons. The highest BCUT2D eigenvalue weighted by molar-refractivity contribution is 7.99. The lowest BCUT2D eigenvalue weighted by Crippen LogP contribution is -2.06. The van der Waals surface area contributed by atoms with Gasteiger partial charge in [-0.2, -0.15) is 8.42 Å². The zero-order valence-electron chi connectivity index (χ0n) is 19.6. The van der Waals surface area contributed by atoms with Crippen molar-refractivity contribution in [3.63, 3.8) is 0 Å². The second-order valence-corrected chi connectivity index (χ2v) is 11.0. The molecule has 3 nitrogen and oxygen atoms in total. The van der Waals surface area contributed by atoms with E-state index in [4.69, 9.17) is 0 Å². The van der Waals surface area contributed by atoms with Crippen LogP contribution in [0.15, 0.2) is 136 Å². The Morgan fingerprint density at radius 3 is 1.61 bits per heavy atom. The van der Waals surface area contributed by atoms with E-state index in [0.29, 0.717) is 11.1 Å². The van der Waals surface area contributed by atoms with E-state index >= 15 is 0 Å². The molecular formula is C31H24O3S2. The van der Waals surface area contributed by atoms with Crippen LogP contribution in [-0.2, 0) is 10.1 Å². The second kappa shape index (κ2) is 10.2. The molecular weight excluding hydrogens is 484 g/mol. The summed E-state index contributed by atoms with van der Waals surface area (Å²) in [7, 11) is -4.56. The van der Waals surface area contributed by atoms with Crippen LogP contribution in [0.1, 0.15) is 5.56 Å². The summed E-state index contributed by atoms with van der Waals surface area (Å²) in [5.41, 5.74) is 5.02. The van der Waals surface area contributed by atoms with Gasteiger partial charge in [0.2, 0.25) is 0 Å². The lowest BCUT2D eigenvalue weighted by molar-refractivity contribution is 0.484. The van der Waals surface area contributed by atoms with E-state index in [-0.39, 0.29) is 4.90 Å². The van der Waals surface area contributed by atoms with E-state index in [9.17, 15) is 13.0 Å². The van der Waals surface area contributed by atoms with Crippen LogP contribution in [0, 0.1) is 6.92 Å². The zero-order chi connectivity index (χ0) is 25.1. The van der Waals surface area contributed by atoms with E-state index in [1.165, 1.54) is 0 Å². The van der Waals surface area contributed by atoms with Gasteiger partial charge in [0.15, 0.2) is 0 Å². The molecule has 0 atom stereocenters. The molecule has 0 unspecified atom stereocenters. The Hall–Kier alpha value is -3.64. The number of hydrogen-bond acceptors (Lipinski definition) is 3. The molecule has 5 rings (SSSR count). The van der Waals surface area contributed by atoms with Crippen molar-refractivity contribution >= 4 is 21.9 Å². The van der Waals surface area contributed by atoms with Gasteiger partial charge in [-0.1, -0.05) is 103 Å². The highest BCUT2D eigenvalue weighted by Crippen LogP contribution is 2.45. The summed E-state index contributed by atoms with van der Waals surface area (Å²) < 4.78 is 36.4. The van der Waals surface area contributed by atoms with E-state index in [1.54, 1.807) is 11.8 Å². The molecule has 178 valence electrons. The minimum Gasteiger partial charge on any atom is -0.282 e. The molecule has 0 spiro atoms. The molecule has 5 aromatic carbocycles. The monoisotopic (exact) mass is 508 g/mol. The molecule has 0 bridgehead atoms. The molecule has 0 amide bonds. The minimum atomic E-state index is -4.56. The molecule has 0 aliphatic heterocycles. The van der Waals surface area contributed by atoms with Crippen LogP contribution in [0.25, 0.3) is 33.4 Å². The zero-order valence-corrected chi connectivity index (χ0v) is 21.3. The Kier molecular flexibility index (Phi) is 6.79. The summed E-state index contributed by atoms with van der Waals surface area (Å²) in [6, 6.07) is 38.8. The third kappa shape index (κ3) is 5.00. The lowest BCUT2D eigenvalue weighted by atomic mass is 9.87. The minimum absolute atomic E-state index is 0.0803. The fraction of sp³-hybridized carbons (Fsp3) is 0.0323. The highest BCUT2D eigenvalue weighted by atomic mass is 32.2. The Labute approximate surface area is 216 Å². The maximum atomic E-state index is 12.9. The summed E-state index contributed by atoms with van der Waals surface area (Å²) in [4.78, 5) is 2.15. The summed E-state index contributed by atoms with van der Waals surface area (Å²) in [5.74, 6) is 0. The van der Waals surface area contributed by atoms with Crippen molar-refractivity contribution in [2.45, 2.75) is 21.6 Å². The Bertz CT molecular complexity index is 1600. The number of hydrogen-bond donors (Lipinski definition) is 1. The van der Waals surface area contributed by atoms with Crippen LogP contribution >= 0.6 is 11.8 Å². The summed E-state index contributed by atoms with van der Waals surface area (Å²) in [5, 5.41) is 0. The van der Waals surface area contributed by atoms with Crippen LogP contribution in [0.4, 0.5) is 0 Å². The van der Waals surface area contributed by atoms with Gasteiger partial charge in [-0.15, -0.1) is 0 Å². The van der Waals surface area contributed by atoms with Gasteiger partial charge in [0.1, 0.15) is 4.90 Å². The highest BCUT2D eigenvalue weighted by Gasteiger charge is 2.27. The van der Waals surface area contributed by atoms with Gasteiger partial charge in [-0.3, -0.25) is 4.55 Å². The maximum Gasteiger partial charge on any atom is 0.295 e. The number of benzene rings is 5. The van der Waals surface area contributed by atoms with Gasteiger partial charge >= 0.3 is 0 Å². The van der Waals surface area contributed by atoms with Crippen LogP contribution in [0.5, 0.6) is 0 Å². The molecule has 36 heavy (non-hydrogen) atoms. The first-order chi connectivity index (χ1) is 17.4. The topological polar surface area (TPSA) is 54.4 Å². The van der Waals surface area contributed by atoms with Crippen molar-refractivity contribution in [1.82, 2.24) is 0 Å². The molecule has 0 heterocycles. The third-order valence-electron chi connectivity index (χ3n) is 6.00. The Morgan fingerprint density at radius 2 is 1.06 bits per heavy atom. The molecule has 5 aromatic rings. The quantitative estimate of drug-likeness (QED) is 0.234. The van der Waals surface area contributed by atoms with Crippen LogP contribution < -0.4 is 0 Å². The van der Waals surface area contributed by atoms with Crippen molar-refractivity contribution in [3.05, 3.63) is 127 Å². The molecule has 5 heteroatoms. The van der Waals surface area contributed by atoms with Gasteiger partial charge in [0.05, 0.1) is 0 Å². The van der Waals surface area contributed by atoms with Crippen molar-refractivity contribution in [3.8, 4) is 33.4 Å². The van der Waals surface area contributed by atoms with Crippen molar-refractivity contribution in [2.75, 3.05) is 0 Å². The lowest BCUT2D eigenvalue weighted by Gasteiger charge is -2.21. The molecule has 0 saturated heterocycles. The number of rotatable bonds is 6. The predicted molar refractivity (Wildman–Crippen MR) is 148 cm³/mol. The molecule has 0 fully saturated rings. The van der Waals surface area contributed by atoms with Crippen molar-refractivity contribution in [2.24, 2.45) is 0 Å². The van der Waals surface area contributed by atoms with Gasteiger partial charge in [-0.05, 0) is 65.1 Å². The van der Waals surface area contributed by atoms with Crippen molar-refractivity contribution in [1.29, 1.82) is 0 Å². The van der Waals surface area contributed by atoms with E-state index in [0.717, 1.165) is 37.6 Å². The van der Waals surface area contributed by atoms with E-state index < -0.39 is 10.1 Å². The first-order valence-corrected chi connectivity index (χ1v) is 13.8. The first kappa shape index (κ1) is 24.1. The SMILES string of the molecule is Cc1cc(-c2ccccc2)c(S(=O)(=O)O)c(-c2ccccc2)c1-c1ccc(Sc2ccccc2)cc1. The average molecular weight is 509 g/mol. The standard InChI is InChI=1S/C31H24O3S2/c1-22-21-28(23-11-5-2-6-12-23)31(36(32,33)34)30(24-13-7-3-8-14-24)29(22)25-17-19-27(20-18-25)35-26-15-9-4-10-16-26/h2-21H,1H3,(H,32,33,34). The normalized spacial score (nSPS) is 11.4. The molecule has 1 N–H and O–H groups in total. The average Bonchev–Trinajstić information content (AvgIpc) is 2.89. The largest absolute Gasteiger partial charge is 0.295 e. The van der Waals surface area contributed by atoms with Gasteiger partial charge in [0.25, 0.3) is 10.1 Å². The fourth-order valence-corrected chi connectivity index (χ4v) is 6.24. The third-order valence-corrected chi connectivity index (χ3v) is 7.96.